The van der Waals surface area contributed by atoms with Crippen LogP contribution in [0.15, 0.2) is 85.1 Å². The van der Waals surface area contributed by atoms with Gasteiger partial charge in [-0.25, -0.2) is 0 Å². The van der Waals surface area contributed by atoms with Crippen LogP contribution < -0.4 is 21.1 Å². The molecule has 186 valence electrons. The molecule has 3 aromatic rings. The summed E-state index contributed by atoms with van der Waals surface area (Å²) in [6.45, 7) is 4.59. The quantitative estimate of drug-likeness (QED) is 0.359. The molecule has 0 radical (unpaired) electrons. The molecule has 7 nitrogen and oxygen atoms in total. The van der Waals surface area contributed by atoms with E-state index >= 15 is 0 Å². The lowest BCUT2D eigenvalue weighted by atomic mass is 10.0. The fourth-order valence-corrected chi connectivity index (χ4v) is 4.51. The van der Waals surface area contributed by atoms with Crippen LogP contribution in [0.25, 0.3) is 11.1 Å². The molecule has 1 aliphatic rings. The van der Waals surface area contributed by atoms with Gasteiger partial charge in [0.15, 0.2) is 0 Å². The molecule has 1 fully saturated rings. The number of hydrogen-bond donors (Lipinski definition) is 3. The van der Waals surface area contributed by atoms with E-state index in [9.17, 15) is 9.59 Å². The number of nitrogen functional groups attached to an aromatic ring is 1. The molecular weight excluding hydrogens is 452 g/mol. The molecular formula is C29H32N4O3. The Morgan fingerprint density at radius 3 is 2.36 bits per heavy atom. The predicted octanol–water partition coefficient (Wildman–Crippen LogP) is 5.28. The summed E-state index contributed by atoms with van der Waals surface area (Å²) in [7, 11) is 1.63. The lowest BCUT2D eigenvalue weighted by Crippen LogP contribution is -2.43. The molecule has 0 bridgehead atoms. The van der Waals surface area contributed by atoms with Gasteiger partial charge >= 0.3 is 0 Å². The van der Waals surface area contributed by atoms with Crippen LogP contribution in [0.3, 0.4) is 0 Å². The molecule has 0 aromatic heterocycles. The van der Waals surface area contributed by atoms with Crippen LogP contribution in [-0.2, 0) is 9.59 Å². The first-order valence-electron chi connectivity index (χ1n) is 12.1. The highest BCUT2D eigenvalue weighted by atomic mass is 16.5. The Labute approximate surface area is 212 Å². The van der Waals surface area contributed by atoms with Crippen molar-refractivity contribution in [2.75, 3.05) is 30.0 Å². The first-order chi connectivity index (χ1) is 17.5. The SMILES string of the molecule is C=C(CCC(=O)N1CCC[C@H]1C(=O)Nc1ccccc1-c1ccccc1OC)Nc1ccccc1N. The minimum Gasteiger partial charge on any atom is -0.496 e. The topological polar surface area (TPSA) is 96.7 Å². The zero-order valence-electron chi connectivity index (χ0n) is 20.5. The molecule has 2 amide bonds. The normalized spacial score (nSPS) is 14.8. The van der Waals surface area contributed by atoms with Crippen LogP contribution in [0.5, 0.6) is 5.75 Å². The number of anilines is 3. The highest BCUT2D eigenvalue weighted by Crippen LogP contribution is 2.35. The number of allylic oxidation sites excluding steroid dienone is 1. The van der Waals surface area contributed by atoms with E-state index in [1.807, 2.05) is 66.7 Å². The fraction of sp³-hybridized carbons (Fsp3) is 0.241. The number of methoxy groups -OCH3 is 1. The number of amides is 2. The molecule has 36 heavy (non-hydrogen) atoms. The Hall–Kier alpha value is -4.26. The molecule has 1 saturated heterocycles. The summed E-state index contributed by atoms with van der Waals surface area (Å²) < 4.78 is 5.51. The van der Waals surface area contributed by atoms with Gasteiger partial charge in [0.2, 0.25) is 11.8 Å². The maximum atomic E-state index is 13.3. The minimum absolute atomic E-state index is 0.0605. The van der Waals surface area contributed by atoms with E-state index in [0.717, 1.165) is 29.0 Å². The van der Waals surface area contributed by atoms with Crippen LogP contribution in [0.2, 0.25) is 0 Å². The number of para-hydroxylation sites is 4. The average Bonchev–Trinajstić information content (AvgIpc) is 3.39. The van der Waals surface area contributed by atoms with Crippen LogP contribution in [-0.4, -0.2) is 36.4 Å². The van der Waals surface area contributed by atoms with E-state index in [2.05, 4.69) is 17.2 Å². The van der Waals surface area contributed by atoms with Gasteiger partial charge in [-0.2, -0.15) is 0 Å². The van der Waals surface area contributed by atoms with Gasteiger partial charge in [-0.05, 0) is 43.5 Å². The third-order valence-electron chi connectivity index (χ3n) is 6.37. The summed E-state index contributed by atoms with van der Waals surface area (Å²) in [4.78, 5) is 28.0. The first-order valence-corrected chi connectivity index (χ1v) is 12.1. The van der Waals surface area contributed by atoms with Crippen molar-refractivity contribution in [3.8, 4) is 16.9 Å². The summed E-state index contributed by atoms with van der Waals surface area (Å²) in [6.07, 6.45) is 2.14. The van der Waals surface area contributed by atoms with Crippen LogP contribution in [0.1, 0.15) is 25.7 Å². The molecule has 1 aliphatic heterocycles. The van der Waals surface area contributed by atoms with Gasteiger partial charge in [0.25, 0.3) is 0 Å². The number of ether oxygens (including phenoxy) is 1. The maximum Gasteiger partial charge on any atom is 0.247 e. The van der Waals surface area contributed by atoms with Gasteiger partial charge in [-0.1, -0.05) is 55.1 Å². The smallest absolute Gasteiger partial charge is 0.247 e. The van der Waals surface area contributed by atoms with Crippen LogP contribution in [0, 0.1) is 0 Å². The van der Waals surface area contributed by atoms with Crippen molar-refractivity contribution in [1.29, 1.82) is 0 Å². The van der Waals surface area contributed by atoms with E-state index in [1.165, 1.54) is 0 Å². The van der Waals surface area contributed by atoms with Crippen molar-refractivity contribution >= 4 is 28.9 Å². The second kappa shape index (κ2) is 11.4. The van der Waals surface area contributed by atoms with E-state index < -0.39 is 6.04 Å². The molecule has 0 saturated carbocycles. The second-order valence-corrected chi connectivity index (χ2v) is 8.80. The second-order valence-electron chi connectivity index (χ2n) is 8.80. The molecule has 3 aromatic carbocycles. The van der Waals surface area contributed by atoms with Gasteiger partial charge < -0.3 is 26.0 Å². The standard InChI is InChI=1S/C29H32N4O3/c1-20(31-25-14-7-5-12-23(25)30)17-18-28(34)33-19-9-15-26(33)29(35)32-24-13-6-3-10-21(24)22-11-4-8-16-27(22)36-2/h3-8,10-14,16,26,31H,1,9,15,17-19,30H2,2H3,(H,32,35)/t26-/m0/s1. The van der Waals surface area contributed by atoms with E-state index in [0.29, 0.717) is 36.5 Å². The van der Waals surface area contributed by atoms with Crippen molar-refractivity contribution in [2.24, 2.45) is 0 Å². The maximum absolute atomic E-state index is 13.3. The number of carbonyl (C=O) groups excluding carboxylic acids is 2. The van der Waals surface area contributed by atoms with Crippen molar-refractivity contribution in [1.82, 2.24) is 4.90 Å². The number of nitrogens with two attached hydrogens (primary N) is 1. The van der Waals surface area contributed by atoms with Gasteiger partial charge in [-0.3, -0.25) is 9.59 Å². The van der Waals surface area contributed by atoms with Crippen molar-refractivity contribution < 1.29 is 14.3 Å². The minimum atomic E-state index is -0.505. The van der Waals surface area contributed by atoms with Gasteiger partial charge in [0.05, 0.1) is 18.5 Å². The van der Waals surface area contributed by atoms with E-state index in [-0.39, 0.29) is 18.2 Å². The number of hydrogen-bond acceptors (Lipinski definition) is 5. The number of rotatable bonds is 9. The Balaban J connectivity index is 1.40. The Kier molecular flexibility index (Phi) is 7.90. The predicted molar refractivity (Wildman–Crippen MR) is 145 cm³/mol. The molecule has 1 atom stereocenters. The molecule has 4 N–H and O–H groups in total. The number of nitrogens with zero attached hydrogens (tertiary/aromatic N) is 1. The van der Waals surface area contributed by atoms with Crippen LogP contribution in [0.4, 0.5) is 17.1 Å². The monoisotopic (exact) mass is 484 g/mol. The zero-order valence-corrected chi connectivity index (χ0v) is 20.5. The molecule has 4 rings (SSSR count). The van der Waals surface area contributed by atoms with Gasteiger partial charge in [0, 0.05) is 35.5 Å². The average molecular weight is 485 g/mol. The van der Waals surface area contributed by atoms with Crippen molar-refractivity contribution in [3.63, 3.8) is 0 Å². The Morgan fingerprint density at radius 1 is 0.944 bits per heavy atom. The van der Waals surface area contributed by atoms with E-state index in [4.69, 9.17) is 10.5 Å². The number of carbonyl (C=O) groups is 2. The number of benzene rings is 3. The Morgan fingerprint density at radius 2 is 1.61 bits per heavy atom. The zero-order chi connectivity index (χ0) is 25.5. The lowest BCUT2D eigenvalue weighted by Gasteiger charge is -2.25. The number of likely N-dealkylation sites (tertiary alicyclic amines) is 1. The summed E-state index contributed by atoms with van der Waals surface area (Å²) in [5, 5.41) is 6.23. The molecule has 0 unspecified atom stereocenters. The molecule has 1 heterocycles. The van der Waals surface area contributed by atoms with Crippen molar-refractivity contribution in [2.45, 2.75) is 31.7 Å². The third-order valence-corrected chi connectivity index (χ3v) is 6.37. The highest BCUT2D eigenvalue weighted by Gasteiger charge is 2.34. The summed E-state index contributed by atoms with van der Waals surface area (Å²) in [5.74, 6) is 0.481. The van der Waals surface area contributed by atoms with E-state index in [1.54, 1.807) is 18.1 Å². The summed E-state index contributed by atoms with van der Waals surface area (Å²) in [6, 6.07) is 22.2. The lowest BCUT2D eigenvalue weighted by molar-refractivity contribution is -0.136. The van der Waals surface area contributed by atoms with Crippen LogP contribution >= 0.6 is 0 Å². The molecule has 0 aliphatic carbocycles. The molecule has 7 heteroatoms. The van der Waals surface area contributed by atoms with Gasteiger partial charge in [-0.15, -0.1) is 0 Å². The fourth-order valence-electron chi connectivity index (χ4n) is 4.51. The third kappa shape index (κ3) is 5.68. The molecule has 0 spiro atoms. The highest BCUT2D eigenvalue weighted by molar-refractivity contribution is 6.00. The van der Waals surface area contributed by atoms with Crippen molar-refractivity contribution in [3.05, 3.63) is 85.1 Å². The van der Waals surface area contributed by atoms with Gasteiger partial charge in [0.1, 0.15) is 11.8 Å². The number of nitrogens with one attached hydrogen (secondary N) is 2. The summed E-state index contributed by atoms with van der Waals surface area (Å²) in [5.41, 5.74) is 10.5. The Bertz CT molecular complexity index is 1260. The largest absolute Gasteiger partial charge is 0.496 e. The summed E-state index contributed by atoms with van der Waals surface area (Å²) >= 11 is 0. The first kappa shape index (κ1) is 24.9.